The lowest BCUT2D eigenvalue weighted by Gasteiger charge is -2.28. The van der Waals surface area contributed by atoms with Crippen molar-refractivity contribution in [3.8, 4) is 0 Å². The molecule has 1 fully saturated rings. The van der Waals surface area contributed by atoms with Gasteiger partial charge in [0.05, 0.1) is 12.9 Å². The molecule has 0 aliphatic carbocycles. The Labute approximate surface area is 220 Å². The molecule has 0 unspecified atom stereocenters. The van der Waals surface area contributed by atoms with Crippen molar-refractivity contribution < 1.29 is 14.1 Å². The molecule has 3 rings (SSSR count). The maximum atomic E-state index is 6.18. The van der Waals surface area contributed by atoms with Gasteiger partial charge in [-0.25, -0.2) is 4.98 Å². The maximum Gasteiger partial charge on any atom is 0.294 e. The van der Waals surface area contributed by atoms with E-state index in [0.717, 1.165) is 74.4 Å². The average Bonchev–Trinajstić information content (AvgIpc) is 3.26. The fourth-order valence-electron chi connectivity index (χ4n) is 4.49. The fourth-order valence-corrected chi connectivity index (χ4v) is 6.00. The molecule has 0 aromatic carbocycles. The zero-order chi connectivity index (χ0) is 26.2. The first-order valence-electron chi connectivity index (χ1n) is 13.6. The highest BCUT2D eigenvalue weighted by Gasteiger charge is 2.26. The monoisotopic (exact) mass is 533 g/mol. The topological polar surface area (TPSA) is 87.1 Å². The van der Waals surface area contributed by atoms with E-state index in [1.54, 1.807) is 0 Å². The zero-order valence-corrected chi connectivity index (χ0v) is 25.5. The number of hydrogen-bond acceptors (Lipinski definition) is 7. The van der Waals surface area contributed by atoms with Crippen molar-refractivity contribution in [2.24, 2.45) is 11.7 Å². The van der Waals surface area contributed by atoms with Crippen LogP contribution in [0.4, 0.5) is 5.82 Å². The van der Waals surface area contributed by atoms with Crippen molar-refractivity contribution in [1.29, 1.82) is 0 Å². The predicted octanol–water partition coefficient (Wildman–Crippen LogP) is 5.04. The summed E-state index contributed by atoms with van der Waals surface area (Å²) in [5.74, 6) is 1.60. The lowest BCUT2D eigenvalue weighted by Crippen LogP contribution is -2.33. The standard InChI is InChI=1S/C25H48BN5O3Si2/c1-35(2,3)15-13-32-20-30(21-33-14-16-36(4,5)6)25-18-23(29-24-9-12-28-31(24)25)17-22-7-10-26(11-8-22)34-19-27/h9,12,18,22H,7-8,10-11,13-17,19-21,27H2,1-6H3. The van der Waals surface area contributed by atoms with Crippen LogP contribution in [0.3, 0.4) is 0 Å². The van der Waals surface area contributed by atoms with Crippen molar-refractivity contribution >= 4 is 34.5 Å². The summed E-state index contributed by atoms with van der Waals surface area (Å²) in [7, 11) is -2.30. The van der Waals surface area contributed by atoms with Gasteiger partial charge in [-0.15, -0.1) is 0 Å². The summed E-state index contributed by atoms with van der Waals surface area (Å²) >= 11 is 0. The maximum absolute atomic E-state index is 6.18. The van der Waals surface area contributed by atoms with Crippen molar-refractivity contribution in [2.75, 3.05) is 38.3 Å². The Kier molecular flexibility index (Phi) is 11.0. The van der Waals surface area contributed by atoms with Crippen LogP contribution in [0, 0.1) is 5.92 Å². The number of fused-ring (bicyclic) bond motifs is 1. The number of rotatable bonds is 15. The van der Waals surface area contributed by atoms with Crippen molar-refractivity contribution in [2.45, 2.75) is 83.3 Å². The summed E-state index contributed by atoms with van der Waals surface area (Å²) in [5.41, 5.74) is 7.55. The first kappa shape index (κ1) is 29.3. The molecule has 2 N–H and O–H groups in total. The van der Waals surface area contributed by atoms with Gasteiger partial charge in [0.15, 0.2) is 5.65 Å². The Morgan fingerprint density at radius 3 is 2.19 bits per heavy atom. The number of anilines is 1. The van der Waals surface area contributed by atoms with Crippen LogP contribution in [0.25, 0.3) is 5.65 Å². The number of aromatic nitrogens is 3. The zero-order valence-electron chi connectivity index (χ0n) is 23.5. The molecule has 0 spiro atoms. The highest BCUT2D eigenvalue weighted by Crippen LogP contribution is 2.29. The van der Waals surface area contributed by atoms with Gasteiger partial charge in [0.25, 0.3) is 6.92 Å². The van der Waals surface area contributed by atoms with Crippen molar-refractivity contribution in [3.05, 3.63) is 24.0 Å². The lowest BCUT2D eigenvalue weighted by atomic mass is 9.53. The molecule has 8 nitrogen and oxygen atoms in total. The lowest BCUT2D eigenvalue weighted by molar-refractivity contribution is 0.0942. The Balaban J connectivity index is 1.73. The van der Waals surface area contributed by atoms with Gasteiger partial charge in [-0.3, -0.25) is 0 Å². The van der Waals surface area contributed by atoms with Crippen LogP contribution in [-0.4, -0.2) is 71.1 Å². The van der Waals surface area contributed by atoms with Gasteiger partial charge in [0.1, 0.15) is 19.3 Å². The van der Waals surface area contributed by atoms with Crippen LogP contribution in [0.5, 0.6) is 0 Å². The first-order chi connectivity index (χ1) is 17.0. The third-order valence-corrected chi connectivity index (χ3v) is 10.2. The number of ether oxygens (including phenoxy) is 2. The van der Waals surface area contributed by atoms with E-state index in [1.807, 2.05) is 16.8 Å². The molecule has 2 aromatic rings. The molecule has 202 valence electrons. The molecule has 0 bridgehead atoms. The van der Waals surface area contributed by atoms with Gasteiger partial charge in [0.2, 0.25) is 0 Å². The summed E-state index contributed by atoms with van der Waals surface area (Å²) in [4.78, 5) is 7.11. The van der Waals surface area contributed by atoms with E-state index in [0.29, 0.717) is 33.0 Å². The Hall–Kier alpha value is -1.24. The molecule has 0 radical (unpaired) electrons. The Bertz CT molecular complexity index is 905. The van der Waals surface area contributed by atoms with Gasteiger partial charge in [-0.1, -0.05) is 52.1 Å². The Morgan fingerprint density at radius 1 is 1.03 bits per heavy atom. The van der Waals surface area contributed by atoms with E-state index in [-0.39, 0.29) is 0 Å². The summed E-state index contributed by atoms with van der Waals surface area (Å²) in [5, 5.41) is 4.58. The molecule has 1 saturated heterocycles. The third kappa shape index (κ3) is 9.90. The normalized spacial score (nSPS) is 15.7. The quantitative estimate of drug-likeness (QED) is 0.195. The second-order valence-corrected chi connectivity index (χ2v) is 23.9. The highest BCUT2D eigenvalue weighted by atomic mass is 28.3. The van der Waals surface area contributed by atoms with Crippen LogP contribution in [0.2, 0.25) is 64.0 Å². The molecule has 0 amide bonds. The van der Waals surface area contributed by atoms with E-state index in [2.05, 4.69) is 55.3 Å². The molecular weight excluding hydrogens is 485 g/mol. The molecule has 0 atom stereocenters. The third-order valence-electron chi connectivity index (χ3n) is 6.83. The van der Waals surface area contributed by atoms with Gasteiger partial charge in [0, 0.05) is 47.2 Å². The Morgan fingerprint density at radius 2 is 1.64 bits per heavy atom. The minimum Gasteiger partial charge on any atom is -0.424 e. The summed E-state index contributed by atoms with van der Waals surface area (Å²) < 4.78 is 19.9. The van der Waals surface area contributed by atoms with Gasteiger partial charge in [-0.05, 0) is 37.1 Å². The molecule has 11 heteroatoms. The van der Waals surface area contributed by atoms with Crippen molar-refractivity contribution in [3.63, 3.8) is 0 Å². The van der Waals surface area contributed by atoms with Gasteiger partial charge in [-0.2, -0.15) is 9.61 Å². The van der Waals surface area contributed by atoms with Crippen LogP contribution in [0.1, 0.15) is 18.5 Å². The number of nitrogens with two attached hydrogens (primary N) is 1. The van der Waals surface area contributed by atoms with Crippen LogP contribution < -0.4 is 10.6 Å². The molecule has 36 heavy (non-hydrogen) atoms. The van der Waals surface area contributed by atoms with Crippen LogP contribution in [-0.2, 0) is 20.5 Å². The summed E-state index contributed by atoms with van der Waals surface area (Å²) in [6.45, 7) is 17.4. The second kappa shape index (κ2) is 13.5. The van der Waals surface area contributed by atoms with Crippen LogP contribution in [0.15, 0.2) is 18.3 Å². The number of hydrogen-bond donors (Lipinski definition) is 1. The molecular formula is C25H48BN5O3Si2. The average molecular weight is 534 g/mol. The van der Waals surface area contributed by atoms with E-state index in [4.69, 9.17) is 24.8 Å². The molecule has 0 saturated carbocycles. The van der Waals surface area contributed by atoms with Crippen LogP contribution >= 0.6 is 0 Å². The van der Waals surface area contributed by atoms with Crippen molar-refractivity contribution in [1.82, 2.24) is 14.6 Å². The van der Waals surface area contributed by atoms with E-state index in [9.17, 15) is 0 Å². The molecule has 3 heterocycles. The first-order valence-corrected chi connectivity index (χ1v) is 21.0. The minimum atomic E-state index is -1.15. The second-order valence-electron chi connectivity index (χ2n) is 12.6. The van der Waals surface area contributed by atoms with Gasteiger partial charge >= 0.3 is 0 Å². The molecule has 2 aromatic heterocycles. The smallest absolute Gasteiger partial charge is 0.294 e. The molecule has 1 aliphatic rings. The highest BCUT2D eigenvalue weighted by molar-refractivity contribution is 6.76. The summed E-state index contributed by atoms with van der Waals surface area (Å²) in [6.07, 6.45) is 7.23. The summed E-state index contributed by atoms with van der Waals surface area (Å²) in [6, 6.07) is 6.46. The molecule has 1 aliphatic heterocycles. The fraction of sp³-hybridized carbons (Fsp3) is 0.760. The number of nitrogens with zero attached hydrogens (tertiary/aromatic N) is 4. The predicted molar refractivity (Wildman–Crippen MR) is 155 cm³/mol. The minimum absolute atomic E-state index is 0.309. The van der Waals surface area contributed by atoms with E-state index in [1.165, 1.54) is 0 Å². The van der Waals surface area contributed by atoms with E-state index >= 15 is 0 Å². The SMILES string of the molecule is C[Si](C)(C)CCOCN(COCC[Si](C)(C)C)c1cc(CC2CCB(OCN)CC2)nc2ccnn12. The van der Waals surface area contributed by atoms with E-state index < -0.39 is 16.1 Å². The largest absolute Gasteiger partial charge is 0.424 e. The van der Waals surface area contributed by atoms with Gasteiger partial charge < -0.3 is 24.8 Å².